The summed E-state index contributed by atoms with van der Waals surface area (Å²) in [6.07, 6.45) is 3.52. The van der Waals surface area contributed by atoms with E-state index in [1.807, 2.05) is 10.6 Å². The summed E-state index contributed by atoms with van der Waals surface area (Å²) in [6, 6.07) is 3.42. The van der Waals surface area contributed by atoms with E-state index < -0.39 is 5.97 Å². The number of aldehydes is 1. The van der Waals surface area contributed by atoms with Crippen LogP contribution >= 0.6 is 0 Å². The third-order valence-electron chi connectivity index (χ3n) is 3.08. The highest BCUT2D eigenvalue weighted by atomic mass is 16.4. The van der Waals surface area contributed by atoms with Gasteiger partial charge in [-0.3, -0.25) is 4.79 Å². The minimum absolute atomic E-state index is 0.250. The van der Waals surface area contributed by atoms with E-state index in [1.54, 1.807) is 19.2 Å². The lowest BCUT2D eigenvalue weighted by Gasteiger charge is -2.05. The van der Waals surface area contributed by atoms with Gasteiger partial charge in [-0.15, -0.1) is 0 Å². The van der Waals surface area contributed by atoms with Crippen molar-refractivity contribution in [3.8, 4) is 0 Å². The van der Waals surface area contributed by atoms with Gasteiger partial charge in [0.1, 0.15) is 0 Å². The predicted octanol–water partition coefficient (Wildman–Crippen LogP) is 2.87. The monoisotopic (exact) mass is 245 g/mol. The molecule has 1 aromatic carbocycles. The molecule has 0 radical (unpaired) electrons. The van der Waals surface area contributed by atoms with Crippen LogP contribution in [-0.2, 0) is 6.54 Å². The number of hydrogen-bond donors (Lipinski definition) is 1. The molecule has 0 saturated carbocycles. The van der Waals surface area contributed by atoms with Crippen molar-refractivity contribution in [2.45, 2.75) is 26.8 Å². The summed E-state index contributed by atoms with van der Waals surface area (Å²) in [5.74, 6) is -0.963. The van der Waals surface area contributed by atoms with Crippen molar-refractivity contribution in [1.82, 2.24) is 4.57 Å². The molecule has 0 saturated heterocycles. The second kappa shape index (κ2) is 4.64. The summed E-state index contributed by atoms with van der Waals surface area (Å²) in [6.45, 7) is 4.65. The number of aromatic nitrogens is 1. The van der Waals surface area contributed by atoms with Crippen LogP contribution in [0, 0.1) is 6.92 Å². The zero-order chi connectivity index (χ0) is 13.3. The Morgan fingerprint density at radius 2 is 2.17 bits per heavy atom. The molecular weight excluding hydrogens is 230 g/mol. The SMILES string of the molecule is CCCn1cc(C=O)c2cc(C(=O)O)c(C)cc21. The van der Waals surface area contributed by atoms with Crippen LogP contribution in [0.4, 0.5) is 0 Å². The van der Waals surface area contributed by atoms with Crippen molar-refractivity contribution in [2.75, 3.05) is 0 Å². The fourth-order valence-electron chi connectivity index (χ4n) is 2.22. The summed E-state index contributed by atoms with van der Waals surface area (Å²) in [5, 5.41) is 9.81. The van der Waals surface area contributed by atoms with Crippen LogP contribution in [0.15, 0.2) is 18.3 Å². The van der Waals surface area contributed by atoms with Gasteiger partial charge in [0.05, 0.1) is 5.56 Å². The highest BCUT2D eigenvalue weighted by Gasteiger charge is 2.14. The zero-order valence-electron chi connectivity index (χ0n) is 10.4. The minimum atomic E-state index is -0.963. The van der Waals surface area contributed by atoms with Crippen LogP contribution in [0.3, 0.4) is 0 Å². The minimum Gasteiger partial charge on any atom is -0.478 e. The van der Waals surface area contributed by atoms with E-state index in [0.29, 0.717) is 16.5 Å². The predicted molar refractivity (Wildman–Crippen MR) is 69.3 cm³/mol. The molecule has 4 nitrogen and oxygen atoms in total. The third-order valence-corrected chi connectivity index (χ3v) is 3.08. The van der Waals surface area contributed by atoms with Gasteiger partial charge in [-0.25, -0.2) is 4.79 Å². The number of nitrogens with zero attached hydrogens (tertiary/aromatic N) is 1. The molecule has 1 aromatic heterocycles. The molecule has 0 amide bonds. The van der Waals surface area contributed by atoms with E-state index in [-0.39, 0.29) is 5.56 Å². The molecular formula is C14H15NO3. The van der Waals surface area contributed by atoms with Crippen molar-refractivity contribution < 1.29 is 14.7 Å². The lowest BCUT2D eigenvalue weighted by molar-refractivity contribution is 0.0696. The number of carbonyl (C=O) groups excluding carboxylic acids is 1. The second-order valence-corrected chi connectivity index (χ2v) is 4.39. The Bertz CT molecular complexity index is 625. The number of hydrogen-bond acceptors (Lipinski definition) is 2. The first kappa shape index (κ1) is 12.4. The van der Waals surface area contributed by atoms with E-state index in [9.17, 15) is 9.59 Å². The van der Waals surface area contributed by atoms with E-state index in [0.717, 1.165) is 24.8 Å². The van der Waals surface area contributed by atoms with Crippen molar-refractivity contribution in [3.05, 3.63) is 35.0 Å². The van der Waals surface area contributed by atoms with Gasteiger partial charge in [0.25, 0.3) is 0 Å². The molecule has 0 atom stereocenters. The maximum atomic E-state index is 11.1. The molecule has 2 rings (SSSR count). The molecule has 0 aliphatic heterocycles. The van der Waals surface area contributed by atoms with Gasteiger partial charge in [0, 0.05) is 29.2 Å². The number of aromatic carboxylic acids is 1. The van der Waals surface area contributed by atoms with Gasteiger partial charge < -0.3 is 9.67 Å². The Balaban J connectivity index is 2.76. The maximum Gasteiger partial charge on any atom is 0.335 e. The zero-order valence-corrected chi connectivity index (χ0v) is 10.4. The van der Waals surface area contributed by atoms with Crippen molar-refractivity contribution in [3.63, 3.8) is 0 Å². The first-order valence-electron chi connectivity index (χ1n) is 5.90. The highest BCUT2D eigenvalue weighted by Crippen LogP contribution is 2.24. The molecule has 4 heteroatoms. The maximum absolute atomic E-state index is 11.1. The second-order valence-electron chi connectivity index (χ2n) is 4.39. The van der Waals surface area contributed by atoms with Crippen LogP contribution in [0.1, 0.15) is 39.6 Å². The Hall–Kier alpha value is -2.10. The van der Waals surface area contributed by atoms with Crippen LogP contribution in [0.2, 0.25) is 0 Å². The third kappa shape index (κ3) is 1.90. The van der Waals surface area contributed by atoms with Gasteiger partial charge in [-0.2, -0.15) is 0 Å². The molecule has 1 heterocycles. The highest BCUT2D eigenvalue weighted by molar-refractivity contribution is 6.02. The summed E-state index contributed by atoms with van der Waals surface area (Å²) < 4.78 is 2.00. The lowest BCUT2D eigenvalue weighted by atomic mass is 10.0. The normalized spacial score (nSPS) is 10.8. The van der Waals surface area contributed by atoms with Crippen LogP contribution in [0.5, 0.6) is 0 Å². The standard InChI is InChI=1S/C14H15NO3/c1-3-4-15-7-10(8-16)12-6-11(14(17)18)9(2)5-13(12)15/h5-8H,3-4H2,1-2H3,(H,17,18). The Morgan fingerprint density at radius 3 is 2.72 bits per heavy atom. The van der Waals surface area contributed by atoms with Crippen LogP contribution in [0.25, 0.3) is 10.9 Å². The van der Waals surface area contributed by atoms with Crippen molar-refractivity contribution in [1.29, 1.82) is 0 Å². The summed E-state index contributed by atoms with van der Waals surface area (Å²) >= 11 is 0. The molecule has 18 heavy (non-hydrogen) atoms. The molecule has 0 aliphatic rings. The average molecular weight is 245 g/mol. The van der Waals surface area contributed by atoms with E-state index in [2.05, 4.69) is 6.92 Å². The van der Waals surface area contributed by atoms with Crippen LogP contribution in [-0.4, -0.2) is 21.9 Å². The lowest BCUT2D eigenvalue weighted by Crippen LogP contribution is -2.00. The number of fused-ring (bicyclic) bond motifs is 1. The molecule has 0 bridgehead atoms. The largest absolute Gasteiger partial charge is 0.478 e. The molecule has 94 valence electrons. The smallest absolute Gasteiger partial charge is 0.335 e. The summed E-state index contributed by atoms with van der Waals surface area (Å²) in [7, 11) is 0. The van der Waals surface area contributed by atoms with E-state index >= 15 is 0 Å². The first-order chi connectivity index (χ1) is 8.58. The Labute approximate surface area is 105 Å². The number of aryl methyl sites for hydroxylation is 2. The molecule has 2 aromatic rings. The summed E-state index contributed by atoms with van der Waals surface area (Å²) in [5.41, 5.74) is 2.42. The number of carbonyl (C=O) groups is 2. The fourth-order valence-corrected chi connectivity index (χ4v) is 2.22. The number of rotatable bonds is 4. The number of carboxylic acid groups (broad SMARTS) is 1. The summed E-state index contributed by atoms with van der Waals surface area (Å²) in [4.78, 5) is 22.1. The fraction of sp³-hybridized carbons (Fsp3) is 0.286. The average Bonchev–Trinajstić information content (AvgIpc) is 2.66. The molecule has 0 aliphatic carbocycles. The van der Waals surface area contributed by atoms with E-state index in [1.165, 1.54) is 0 Å². The van der Waals surface area contributed by atoms with Gasteiger partial charge in [0.2, 0.25) is 0 Å². The van der Waals surface area contributed by atoms with Crippen LogP contribution < -0.4 is 0 Å². The van der Waals surface area contributed by atoms with Gasteiger partial charge >= 0.3 is 5.97 Å². The topological polar surface area (TPSA) is 59.3 Å². The van der Waals surface area contributed by atoms with Crippen molar-refractivity contribution >= 4 is 23.2 Å². The van der Waals surface area contributed by atoms with Gasteiger partial charge in [-0.05, 0) is 31.0 Å². The molecule has 0 fully saturated rings. The van der Waals surface area contributed by atoms with Gasteiger partial charge in [-0.1, -0.05) is 6.92 Å². The first-order valence-corrected chi connectivity index (χ1v) is 5.90. The number of benzene rings is 1. The Kier molecular flexibility index (Phi) is 3.19. The molecule has 0 unspecified atom stereocenters. The molecule has 1 N–H and O–H groups in total. The quantitative estimate of drug-likeness (QED) is 0.842. The van der Waals surface area contributed by atoms with Crippen molar-refractivity contribution in [2.24, 2.45) is 0 Å². The van der Waals surface area contributed by atoms with E-state index in [4.69, 9.17) is 5.11 Å². The van der Waals surface area contributed by atoms with Gasteiger partial charge in [0.15, 0.2) is 6.29 Å². The molecule has 0 spiro atoms. The Morgan fingerprint density at radius 1 is 1.44 bits per heavy atom. The number of carboxylic acids is 1.